The molecule has 1 N–H and O–H groups in total. The van der Waals surface area contributed by atoms with Crippen molar-refractivity contribution in [3.63, 3.8) is 0 Å². The minimum absolute atomic E-state index is 0.160. The highest BCUT2D eigenvalue weighted by Crippen LogP contribution is 2.37. The largest absolute Gasteiger partial charge is 0.468 e. The Labute approximate surface area is 183 Å². The highest BCUT2D eigenvalue weighted by molar-refractivity contribution is 9.10. The van der Waals surface area contributed by atoms with Crippen LogP contribution in [0.4, 0.5) is 5.69 Å². The summed E-state index contributed by atoms with van der Waals surface area (Å²) in [5, 5.41) is 2.88. The quantitative estimate of drug-likeness (QED) is 0.386. The van der Waals surface area contributed by atoms with Gasteiger partial charge in [-0.3, -0.25) is 4.79 Å². The Morgan fingerprint density at radius 3 is 2.33 bits per heavy atom. The summed E-state index contributed by atoms with van der Waals surface area (Å²) in [6, 6.07) is 23.2. The van der Waals surface area contributed by atoms with E-state index in [1.807, 2.05) is 79.7 Å². The lowest BCUT2D eigenvalue weighted by atomic mass is 10.1. The first-order chi connectivity index (χ1) is 14.5. The molecule has 4 rings (SSSR count). The number of hydrogen-bond donors (Lipinski definition) is 1. The summed E-state index contributed by atoms with van der Waals surface area (Å²) in [6.07, 6.45) is -0.225. The maximum absolute atomic E-state index is 11.8. The molecule has 1 heterocycles. The Morgan fingerprint density at radius 1 is 0.967 bits per heavy atom. The third-order valence-corrected chi connectivity index (χ3v) is 5.14. The number of nitrogens with one attached hydrogen (secondary N) is 1. The fourth-order valence-electron chi connectivity index (χ4n) is 3.21. The third kappa shape index (κ3) is 4.33. The van der Waals surface area contributed by atoms with Gasteiger partial charge in [-0.05, 0) is 42.8 Å². The molecule has 1 aromatic heterocycles. The Kier molecular flexibility index (Phi) is 5.77. The van der Waals surface area contributed by atoms with Gasteiger partial charge in [0.25, 0.3) is 0 Å². The molecule has 0 fully saturated rings. The minimum Gasteiger partial charge on any atom is -0.468 e. The van der Waals surface area contributed by atoms with E-state index in [1.165, 1.54) is 6.92 Å². The first-order valence-corrected chi connectivity index (χ1v) is 10.4. The van der Waals surface area contributed by atoms with Crippen LogP contribution in [0.1, 0.15) is 25.5 Å². The summed E-state index contributed by atoms with van der Waals surface area (Å²) in [5.74, 6) is 0.252. The number of ether oxygens (including phenoxy) is 1. The fourth-order valence-corrected chi connectivity index (χ4v) is 3.57. The molecular weight excluding hydrogens is 442 g/mol. The van der Waals surface area contributed by atoms with Crippen LogP contribution in [0.15, 0.2) is 77.3 Å². The number of aromatic nitrogens is 2. The molecule has 3 aromatic carbocycles. The maximum atomic E-state index is 11.8. The van der Waals surface area contributed by atoms with Crippen LogP contribution in [0.5, 0.6) is 5.88 Å². The van der Waals surface area contributed by atoms with Crippen LogP contribution in [0.3, 0.4) is 0 Å². The predicted molar refractivity (Wildman–Crippen MR) is 122 cm³/mol. The predicted octanol–water partition coefficient (Wildman–Crippen LogP) is 6.16. The normalized spacial score (nSPS) is 11.8. The molecule has 6 heteroatoms. The summed E-state index contributed by atoms with van der Waals surface area (Å²) in [5.41, 5.74) is 4.48. The highest BCUT2D eigenvalue weighted by Gasteiger charge is 2.19. The van der Waals surface area contributed by atoms with E-state index < -0.39 is 0 Å². The van der Waals surface area contributed by atoms with Crippen molar-refractivity contribution in [2.24, 2.45) is 0 Å². The van der Waals surface area contributed by atoms with Crippen molar-refractivity contribution in [3.05, 3.63) is 82.8 Å². The van der Waals surface area contributed by atoms with Crippen molar-refractivity contribution in [2.45, 2.75) is 20.0 Å². The van der Waals surface area contributed by atoms with E-state index in [1.54, 1.807) is 0 Å². The van der Waals surface area contributed by atoms with Crippen LogP contribution in [0.2, 0.25) is 0 Å². The van der Waals surface area contributed by atoms with Crippen LogP contribution in [-0.2, 0) is 4.79 Å². The monoisotopic (exact) mass is 461 g/mol. The van der Waals surface area contributed by atoms with Gasteiger partial charge in [0.05, 0.1) is 16.7 Å². The van der Waals surface area contributed by atoms with Crippen LogP contribution in [0, 0.1) is 0 Å². The zero-order valence-corrected chi connectivity index (χ0v) is 18.2. The lowest BCUT2D eigenvalue weighted by molar-refractivity contribution is -0.114. The molecular formula is C24H20BrN3O2. The van der Waals surface area contributed by atoms with Crippen molar-refractivity contribution in [3.8, 4) is 17.1 Å². The number of anilines is 1. The number of halogens is 1. The van der Waals surface area contributed by atoms with Crippen LogP contribution >= 0.6 is 15.9 Å². The van der Waals surface area contributed by atoms with Crippen LogP contribution in [-0.4, -0.2) is 15.9 Å². The van der Waals surface area contributed by atoms with E-state index in [-0.39, 0.29) is 12.0 Å². The Morgan fingerprint density at radius 2 is 1.63 bits per heavy atom. The Hall–Kier alpha value is -3.25. The van der Waals surface area contributed by atoms with E-state index in [4.69, 9.17) is 14.7 Å². The number of hydrogen-bond acceptors (Lipinski definition) is 4. The topological polar surface area (TPSA) is 64.1 Å². The summed E-state index contributed by atoms with van der Waals surface area (Å²) >= 11 is 3.52. The zero-order valence-electron chi connectivity index (χ0n) is 16.6. The maximum Gasteiger partial charge on any atom is 0.241 e. The second-order valence-corrected chi connectivity index (χ2v) is 7.82. The van der Waals surface area contributed by atoms with Gasteiger partial charge in [0.1, 0.15) is 11.8 Å². The summed E-state index contributed by atoms with van der Waals surface area (Å²) < 4.78 is 7.16. The SMILES string of the molecule is CC(=O)Nc1ccc(Br)cc1-c1nc2ccccc2nc1OC(C)c1ccccc1. The van der Waals surface area contributed by atoms with Gasteiger partial charge in [-0.15, -0.1) is 0 Å². The molecule has 0 aliphatic carbocycles. The van der Waals surface area contributed by atoms with E-state index in [2.05, 4.69) is 21.2 Å². The summed E-state index contributed by atoms with van der Waals surface area (Å²) in [6.45, 7) is 3.46. The molecule has 150 valence electrons. The summed E-state index contributed by atoms with van der Waals surface area (Å²) in [4.78, 5) is 21.3. The standard InChI is InChI=1S/C24H20BrN3O2/c1-15(17-8-4-3-5-9-17)30-24-23(27-21-10-6-7-11-22(21)28-24)19-14-18(25)12-13-20(19)26-16(2)29/h3-15H,1-2H3,(H,26,29). The Bertz CT molecular complexity index is 1210. The van der Waals surface area contributed by atoms with Crippen molar-refractivity contribution in [1.82, 2.24) is 9.97 Å². The van der Waals surface area contributed by atoms with Gasteiger partial charge in [0.15, 0.2) is 0 Å². The minimum atomic E-state index is -0.225. The van der Waals surface area contributed by atoms with E-state index in [0.717, 1.165) is 26.6 Å². The van der Waals surface area contributed by atoms with Crippen LogP contribution in [0.25, 0.3) is 22.3 Å². The fraction of sp³-hybridized carbons (Fsp3) is 0.125. The molecule has 0 aliphatic heterocycles. The molecule has 0 saturated carbocycles. The first kappa shape index (κ1) is 20.0. The number of fused-ring (bicyclic) bond motifs is 1. The number of carbonyl (C=O) groups excluding carboxylic acids is 1. The van der Waals surface area contributed by atoms with E-state index in [9.17, 15) is 4.79 Å². The average Bonchev–Trinajstić information content (AvgIpc) is 2.75. The number of para-hydroxylation sites is 2. The Balaban J connectivity index is 1.87. The van der Waals surface area contributed by atoms with Gasteiger partial charge in [0, 0.05) is 17.0 Å². The van der Waals surface area contributed by atoms with Crippen molar-refractivity contribution in [2.75, 3.05) is 5.32 Å². The zero-order chi connectivity index (χ0) is 21.1. The second kappa shape index (κ2) is 8.63. The average molecular weight is 462 g/mol. The molecule has 1 atom stereocenters. The van der Waals surface area contributed by atoms with Crippen molar-refractivity contribution < 1.29 is 9.53 Å². The molecule has 0 aliphatic rings. The van der Waals surface area contributed by atoms with Crippen LogP contribution < -0.4 is 10.1 Å². The number of carbonyl (C=O) groups is 1. The number of benzene rings is 3. The van der Waals surface area contributed by atoms with Gasteiger partial charge in [-0.2, -0.15) is 0 Å². The molecule has 0 spiro atoms. The lowest BCUT2D eigenvalue weighted by Crippen LogP contribution is -2.09. The molecule has 0 radical (unpaired) electrons. The van der Waals surface area contributed by atoms with Gasteiger partial charge in [-0.25, -0.2) is 9.97 Å². The number of rotatable bonds is 5. The van der Waals surface area contributed by atoms with Crippen molar-refractivity contribution in [1.29, 1.82) is 0 Å². The molecule has 0 bridgehead atoms. The van der Waals surface area contributed by atoms with Crippen molar-refractivity contribution >= 4 is 38.6 Å². The lowest BCUT2D eigenvalue weighted by Gasteiger charge is -2.18. The second-order valence-electron chi connectivity index (χ2n) is 6.91. The first-order valence-electron chi connectivity index (χ1n) is 9.57. The number of amides is 1. The molecule has 5 nitrogen and oxygen atoms in total. The van der Waals surface area contributed by atoms with Gasteiger partial charge in [0.2, 0.25) is 11.8 Å². The molecule has 1 unspecified atom stereocenters. The van der Waals surface area contributed by atoms with Gasteiger partial charge >= 0.3 is 0 Å². The number of nitrogens with zero attached hydrogens (tertiary/aromatic N) is 2. The summed E-state index contributed by atoms with van der Waals surface area (Å²) in [7, 11) is 0. The molecule has 30 heavy (non-hydrogen) atoms. The van der Waals surface area contributed by atoms with E-state index in [0.29, 0.717) is 17.3 Å². The van der Waals surface area contributed by atoms with E-state index >= 15 is 0 Å². The van der Waals surface area contributed by atoms with Gasteiger partial charge < -0.3 is 10.1 Å². The van der Waals surface area contributed by atoms with Gasteiger partial charge in [-0.1, -0.05) is 58.4 Å². The molecule has 1 amide bonds. The molecule has 4 aromatic rings. The molecule has 0 saturated heterocycles. The highest BCUT2D eigenvalue weighted by atomic mass is 79.9. The third-order valence-electron chi connectivity index (χ3n) is 4.64. The smallest absolute Gasteiger partial charge is 0.241 e.